The van der Waals surface area contributed by atoms with E-state index in [2.05, 4.69) is 5.32 Å². The maximum Gasteiger partial charge on any atom is 0.167 e. The van der Waals surface area contributed by atoms with Crippen molar-refractivity contribution in [1.29, 1.82) is 0 Å². The number of rotatable bonds is 3. The van der Waals surface area contributed by atoms with Crippen LogP contribution in [-0.4, -0.2) is 27.1 Å². The van der Waals surface area contributed by atoms with Gasteiger partial charge in [-0.05, 0) is 7.05 Å². The quantitative estimate of drug-likeness (QED) is 0.471. The molecule has 7 heavy (non-hydrogen) atoms. The van der Waals surface area contributed by atoms with E-state index in [1.807, 2.05) is 0 Å². The summed E-state index contributed by atoms with van der Waals surface area (Å²) in [5, 5.41) is 2.80. The van der Waals surface area contributed by atoms with E-state index in [1.54, 1.807) is 7.05 Å². The first-order chi connectivity index (χ1) is 3.27. The minimum Gasteiger partial charge on any atom is -0.319 e. The highest BCUT2D eigenvalue weighted by Crippen LogP contribution is 1.70. The van der Waals surface area contributed by atoms with E-state index < -0.39 is 0 Å². The second kappa shape index (κ2) is 3.87. The summed E-state index contributed by atoms with van der Waals surface area (Å²) in [5.41, 5.74) is -0.255. The summed E-state index contributed by atoms with van der Waals surface area (Å²) in [7, 11) is 6.58. The molecule has 0 unspecified atom stereocenters. The molecule has 0 aromatic rings. The molecule has 1 N–H and O–H groups in total. The van der Waals surface area contributed by atoms with Crippen molar-refractivity contribution in [2.45, 2.75) is 6.42 Å². The Balaban J connectivity index is 2.82. The van der Waals surface area contributed by atoms with Crippen molar-refractivity contribution < 1.29 is 4.79 Å². The highest BCUT2D eigenvalue weighted by Gasteiger charge is 1.86. The lowest BCUT2D eigenvalue weighted by Crippen LogP contribution is -2.12. The molecular weight excluding hydrogens is 88.9 g/mol. The van der Waals surface area contributed by atoms with Crippen molar-refractivity contribution in [3.05, 3.63) is 0 Å². The zero-order valence-corrected chi connectivity index (χ0v) is 4.40. The minimum atomic E-state index is -0.255. The number of carbonyl (C=O) groups is 1. The van der Waals surface area contributed by atoms with Gasteiger partial charge in [-0.1, -0.05) is 0 Å². The normalized spacial score (nSPS) is 8.71. The van der Waals surface area contributed by atoms with Gasteiger partial charge >= 0.3 is 0 Å². The van der Waals surface area contributed by atoms with Gasteiger partial charge < -0.3 is 10.1 Å². The Labute approximate surface area is 44.7 Å². The standard InChI is InChI=1S/C4H8BNO/c1-6-3-2-4(5)7/h6H,2-3H2,1H3. The van der Waals surface area contributed by atoms with Gasteiger partial charge in [0, 0.05) is 13.0 Å². The molecule has 0 heterocycles. The van der Waals surface area contributed by atoms with E-state index >= 15 is 0 Å². The number of hydrogen-bond acceptors (Lipinski definition) is 2. The molecule has 38 valence electrons. The topological polar surface area (TPSA) is 29.1 Å². The van der Waals surface area contributed by atoms with Gasteiger partial charge in [0.25, 0.3) is 0 Å². The molecule has 2 radical (unpaired) electrons. The number of hydrogen-bond donors (Lipinski definition) is 1. The molecule has 0 amide bonds. The molecule has 0 saturated heterocycles. The van der Waals surface area contributed by atoms with Crippen LogP contribution in [0, 0.1) is 0 Å². The summed E-state index contributed by atoms with van der Waals surface area (Å²) >= 11 is 0. The summed E-state index contributed by atoms with van der Waals surface area (Å²) < 4.78 is 0. The van der Waals surface area contributed by atoms with Gasteiger partial charge in [-0.15, -0.1) is 0 Å². The molecule has 0 fully saturated rings. The Kier molecular flexibility index (Phi) is 3.70. The van der Waals surface area contributed by atoms with Crippen LogP contribution in [0.1, 0.15) is 6.42 Å². The van der Waals surface area contributed by atoms with Crippen LogP contribution in [0.2, 0.25) is 0 Å². The largest absolute Gasteiger partial charge is 0.319 e. The first-order valence-corrected chi connectivity index (χ1v) is 2.20. The monoisotopic (exact) mass is 97.1 g/mol. The van der Waals surface area contributed by atoms with Crippen LogP contribution in [0.4, 0.5) is 0 Å². The average Bonchev–Trinajstić information content (AvgIpc) is 1.61. The van der Waals surface area contributed by atoms with Gasteiger partial charge in [0.1, 0.15) is 0 Å². The third-order valence-corrected chi connectivity index (χ3v) is 0.621. The summed E-state index contributed by atoms with van der Waals surface area (Å²) in [5.74, 6) is 0. The van der Waals surface area contributed by atoms with Crippen molar-refractivity contribution in [3.63, 3.8) is 0 Å². The van der Waals surface area contributed by atoms with E-state index in [1.165, 1.54) is 0 Å². The number of nitrogens with one attached hydrogen (secondary N) is 1. The summed E-state index contributed by atoms with van der Waals surface area (Å²) in [6, 6.07) is 0. The predicted octanol–water partition coefficient (Wildman–Crippen LogP) is -0.709. The van der Waals surface area contributed by atoms with Crippen molar-refractivity contribution in [3.8, 4) is 0 Å². The molecule has 0 aliphatic rings. The fourth-order valence-electron chi connectivity index (χ4n) is 0.248. The van der Waals surface area contributed by atoms with E-state index in [4.69, 9.17) is 7.85 Å². The fourth-order valence-corrected chi connectivity index (χ4v) is 0.248. The molecule has 0 aliphatic carbocycles. The lowest BCUT2D eigenvalue weighted by Gasteiger charge is -1.90. The van der Waals surface area contributed by atoms with E-state index in [9.17, 15) is 4.79 Å². The molecule has 0 rings (SSSR count). The first-order valence-electron chi connectivity index (χ1n) is 2.20. The molecule has 0 atom stereocenters. The van der Waals surface area contributed by atoms with Crippen LogP contribution in [0.25, 0.3) is 0 Å². The fraction of sp³-hybridized carbons (Fsp3) is 0.750. The molecule has 2 nitrogen and oxygen atoms in total. The van der Waals surface area contributed by atoms with Gasteiger partial charge in [-0.2, -0.15) is 0 Å². The lowest BCUT2D eigenvalue weighted by molar-refractivity contribution is -0.111. The second-order valence-electron chi connectivity index (χ2n) is 1.32. The Morgan fingerprint density at radius 3 is 2.57 bits per heavy atom. The van der Waals surface area contributed by atoms with Gasteiger partial charge in [0.2, 0.25) is 0 Å². The molecule has 0 spiro atoms. The average molecular weight is 96.9 g/mol. The van der Waals surface area contributed by atoms with Gasteiger partial charge in [-0.3, -0.25) is 0 Å². The summed E-state index contributed by atoms with van der Waals surface area (Å²) in [4.78, 5) is 9.94. The Morgan fingerprint density at radius 1 is 1.86 bits per heavy atom. The summed E-state index contributed by atoms with van der Waals surface area (Å²) in [6.07, 6.45) is 0.427. The van der Waals surface area contributed by atoms with Crippen molar-refractivity contribution in [2.24, 2.45) is 0 Å². The minimum absolute atomic E-state index is 0.255. The molecular formula is C4H8BNO. The van der Waals surface area contributed by atoms with Crippen LogP contribution in [-0.2, 0) is 4.79 Å². The van der Waals surface area contributed by atoms with E-state index in [0.717, 1.165) is 0 Å². The Bertz CT molecular complexity index is 64.7. The maximum atomic E-state index is 9.94. The van der Waals surface area contributed by atoms with Crippen LogP contribution < -0.4 is 5.32 Å². The summed E-state index contributed by atoms with van der Waals surface area (Å²) in [6.45, 7) is 0.676. The SMILES string of the molecule is [B]C(=O)CCNC. The van der Waals surface area contributed by atoms with E-state index in [-0.39, 0.29) is 5.68 Å². The third kappa shape index (κ3) is 5.69. The highest BCUT2D eigenvalue weighted by molar-refractivity contribution is 6.57. The van der Waals surface area contributed by atoms with Crippen LogP contribution >= 0.6 is 0 Å². The Hall–Kier alpha value is -0.305. The zero-order valence-electron chi connectivity index (χ0n) is 4.40. The lowest BCUT2D eigenvalue weighted by atomic mass is 10.00. The zero-order chi connectivity index (χ0) is 5.70. The molecule has 0 saturated carbocycles. The smallest absolute Gasteiger partial charge is 0.167 e. The van der Waals surface area contributed by atoms with Crippen LogP contribution in [0.5, 0.6) is 0 Å². The Morgan fingerprint density at radius 2 is 2.43 bits per heavy atom. The van der Waals surface area contributed by atoms with Crippen molar-refractivity contribution in [1.82, 2.24) is 5.32 Å². The van der Waals surface area contributed by atoms with Gasteiger partial charge in [0.05, 0.1) is 5.68 Å². The highest BCUT2D eigenvalue weighted by atomic mass is 16.1. The van der Waals surface area contributed by atoms with Gasteiger partial charge in [0.15, 0.2) is 7.85 Å². The maximum absolute atomic E-state index is 9.94. The molecule has 0 aliphatic heterocycles. The third-order valence-electron chi connectivity index (χ3n) is 0.621. The van der Waals surface area contributed by atoms with Crippen molar-refractivity contribution >= 4 is 13.5 Å². The van der Waals surface area contributed by atoms with Crippen LogP contribution in [0.15, 0.2) is 0 Å². The molecule has 3 heteroatoms. The van der Waals surface area contributed by atoms with E-state index in [0.29, 0.717) is 13.0 Å². The first kappa shape index (κ1) is 6.69. The van der Waals surface area contributed by atoms with Gasteiger partial charge in [-0.25, -0.2) is 0 Å². The molecule has 0 bridgehead atoms. The van der Waals surface area contributed by atoms with Crippen molar-refractivity contribution in [2.75, 3.05) is 13.6 Å². The number of carbonyl (C=O) groups excluding carboxylic acids is 1. The van der Waals surface area contributed by atoms with Crippen LogP contribution in [0.3, 0.4) is 0 Å². The predicted molar refractivity (Wildman–Crippen MR) is 29.3 cm³/mol. The second-order valence-corrected chi connectivity index (χ2v) is 1.32. The molecule has 0 aromatic carbocycles. The molecule has 0 aromatic heterocycles.